The van der Waals surface area contributed by atoms with Crippen molar-refractivity contribution >= 4 is 32.9 Å². The van der Waals surface area contributed by atoms with Gasteiger partial charge in [0.2, 0.25) is 11.0 Å². The van der Waals surface area contributed by atoms with Crippen LogP contribution < -0.4 is 25.3 Å². The molecule has 0 saturated heterocycles. The maximum atomic E-state index is 13.5. The van der Waals surface area contributed by atoms with E-state index in [1.54, 1.807) is 18.2 Å². The first-order valence-corrected chi connectivity index (χ1v) is 9.36. The van der Waals surface area contributed by atoms with Gasteiger partial charge in [0, 0.05) is 23.4 Å². The smallest absolute Gasteiger partial charge is 0.380 e. The minimum absolute atomic E-state index is 0.139. The van der Waals surface area contributed by atoms with E-state index in [0.29, 0.717) is 40.0 Å². The van der Waals surface area contributed by atoms with Crippen molar-refractivity contribution in [1.29, 1.82) is 0 Å². The fourth-order valence-corrected chi connectivity index (χ4v) is 3.93. The van der Waals surface area contributed by atoms with Crippen LogP contribution >= 0.6 is 0 Å². The van der Waals surface area contributed by atoms with E-state index in [-0.39, 0.29) is 28.1 Å². The van der Waals surface area contributed by atoms with E-state index >= 15 is 0 Å². The largest absolute Gasteiger partial charge is 0.493 e. The van der Waals surface area contributed by atoms with Crippen molar-refractivity contribution in [3.8, 4) is 17.2 Å². The van der Waals surface area contributed by atoms with E-state index in [0.717, 1.165) is 11.1 Å². The summed E-state index contributed by atoms with van der Waals surface area (Å²) in [7, 11) is 2.97. The van der Waals surface area contributed by atoms with E-state index in [9.17, 15) is 9.59 Å². The van der Waals surface area contributed by atoms with Gasteiger partial charge in [-0.1, -0.05) is 6.58 Å². The predicted octanol–water partition coefficient (Wildman–Crippen LogP) is 3.95. The molecule has 30 heavy (non-hydrogen) atoms. The lowest BCUT2D eigenvalue weighted by Gasteiger charge is -2.10. The maximum absolute atomic E-state index is 13.5. The van der Waals surface area contributed by atoms with Gasteiger partial charge in [0.1, 0.15) is 23.0 Å². The summed E-state index contributed by atoms with van der Waals surface area (Å²) in [5.41, 5.74) is 0.957. The molecule has 0 saturated carbocycles. The molecule has 1 aliphatic heterocycles. The summed E-state index contributed by atoms with van der Waals surface area (Å²) in [6.45, 7) is 5.82. The number of rotatable bonds is 3. The van der Waals surface area contributed by atoms with Crippen LogP contribution in [0.2, 0.25) is 0 Å². The predicted molar refractivity (Wildman–Crippen MR) is 112 cm³/mol. The van der Waals surface area contributed by atoms with Crippen LogP contribution in [-0.4, -0.2) is 20.3 Å². The van der Waals surface area contributed by atoms with Crippen molar-refractivity contribution in [2.24, 2.45) is 0 Å². The molecular weight excluding hydrogens is 388 g/mol. The molecule has 0 fully saturated rings. The molecular formula is C23H18O7. The third-order valence-corrected chi connectivity index (χ3v) is 5.47. The minimum atomic E-state index is -0.739. The molecule has 5 rings (SSSR count). The van der Waals surface area contributed by atoms with Gasteiger partial charge in [0.05, 0.1) is 25.0 Å². The fraction of sp³-hybridized carbons (Fsp3) is 0.217. The summed E-state index contributed by atoms with van der Waals surface area (Å²) in [5, 5.41) is 0.924. The van der Waals surface area contributed by atoms with Crippen LogP contribution in [0.1, 0.15) is 12.5 Å². The lowest BCUT2D eigenvalue weighted by molar-refractivity contribution is 0.271. The standard InChI is InChI=1S/C23H18O7/c1-10(2)15-8-13-14(28-15)6-5-11-20(24)19-12-7-17(26-3)18(27-4)9-16(12)29-23(25)22(19)30-21(11)13/h5-7,9,15H,1,8H2,2-4H3/t15-/m1/s1. The average Bonchev–Trinajstić information content (AvgIpc) is 3.18. The minimum Gasteiger partial charge on any atom is -0.493 e. The van der Waals surface area contributed by atoms with Crippen molar-refractivity contribution < 1.29 is 23.0 Å². The van der Waals surface area contributed by atoms with E-state index < -0.39 is 5.63 Å². The Bertz CT molecular complexity index is 1490. The van der Waals surface area contributed by atoms with Gasteiger partial charge in [-0.3, -0.25) is 4.79 Å². The van der Waals surface area contributed by atoms with Gasteiger partial charge in [-0.05, 0) is 30.7 Å². The molecule has 1 atom stereocenters. The number of ether oxygens (including phenoxy) is 3. The Morgan fingerprint density at radius 3 is 2.47 bits per heavy atom. The van der Waals surface area contributed by atoms with Gasteiger partial charge >= 0.3 is 5.63 Å². The third kappa shape index (κ3) is 2.45. The van der Waals surface area contributed by atoms with Gasteiger partial charge in [-0.2, -0.15) is 0 Å². The molecule has 2 aromatic heterocycles. The lowest BCUT2D eigenvalue weighted by atomic mass is 10.0. The molecule has 0 unspecified atom stereocenters. The highest BCUT2D eigenvalue weighted by Gasteiger charge is 2.28. The second-order valence-corrected chi connectivity index (χ2v) is 7.30. The first-order valence-electron chi connectivity index (χ1n) is 9.36. The Labute approximate surface area is 170 Å². The molecule has 2 aromatic carbocycles. The van der Waals surface area contributed by atoms with Gasteiger partial charge in [0.15, 0.2) is 11.5 Å². The van der Waals surface area contributed by atoms with Crippen LogP contribution in [0.4, 0.5) is 0 Å². The Balaban J connectivity index is 1.91. The number of benzene rings is 2. The van der Waals surface area contributed by atoms with Crippen molar-refractivity contribution in [3.05, 3.63) is 62.6 Å². The highest BCUT2D eigenvalue weighted by atomic mass is 16.5. The van der Waals surface area contributed by atoms with Gasteiger partial charge in [-0.25, -0.2) is 4.79 Å². The zero-order chi connectivity index (χ0) is 21.2. The highest BCUT2D eigenvalue weighted by molar-refractivity contribution is 6.06. The number of hydrogen-bond donors (Lipinski definition) is 0. The SMILES string of the molecule is C=C(C)[C@H]1Cc2c(ccc3c(=O)c4c(oc23)c(=O)oc2cc(OC)c(OC)cc24)O1. The molecule has 7 nitrogen and oxygen atoms in total. The summed E-state index contributed by atoms with van der Waals surface area (Å²) < 4.78 is 27.9. The highest BCUT2D eigenvalue weighted by Crippen LogP contribution is 2.38. The maximum Gasteiger partial charge on any atom is 0.380 e. The Kier molecular flexibility index (Phi) is 3.89. The van der Waals surface area contributed by atoms with Crippen LogP contribution in [0.3, 0.4) is 0 Å². The van der Waals surface area contributed by atoms with E-state index in [1.807, 2.05) is 6.92 Å². The van der Waals surface area contributed by atoms with E-state index in [1.165, 1.54) is 20.3 Å². The summed E-state index contributed by atoms with van der Waals surface area (Å²) in [4.78, 5) is 26.2. The molecule has 0 amide bonds. The van der Waals surface area contributed by atoms with E-state index in [2.05, 4.69) is 6.58 Å². The van der Waals surface area contributed by atoms with Crippen LogP contribution in [0.25, 0.3) is 32.9 Å². The third-order valence-electron chi connectivity index (χ3n) is 5.47. The van der Waals surface area contributed by atoms with E-state index in [4.69, 9.17) is 23.0 Å². The summed E-state index contributed by atoms with van der Waals surface area (Å²) >= 11 is 0. The molecule has 0 bridgehead atoms. The average molecular weight is 406 g/mol. The van der Waals surface area contributed by atoms with Crippen molar-refractivity contribution in [2.75, 3.05) is 14.2 Å². The molecule has 7 heteroatoms. The molecule has 0 spiro atoms. The molecule has 1 aliphatic rings. The first kappa shape index (κ1) is 18.3. The Morgan fingerprint density at radius 2 is 1.77 bits per heavy atom. The Morgan fingerprint density at radius 1 is 1.03 bits per heavy atom. The zero-order valence-electron chi connectivity index (χ0n) is 16.7. The zero-order valence-corrected chi connectivity index (χ0v) is 16.7. The van der Waals surface area contributed by atoms with Crippen molar-refractivity contribution in [2.45, 2.75) is 19.4 Å². The Hall–Kier alpha value is -3.74. The van der Waals surface area contributed by atoms with Gasteiger partial charge in [-0.15, -0.1) is 0 Å². The lowest BCUT2D eigenvalue weighted by Crippen LogP contribution is -2.13. The van der Waals surface area contributed by atoms with Gasteiger partial charge in [0.25, 0.3) is 0 Å². The number of methoxy groups -OCH3 is 2. The second kappa shape index (κ2) is 6.38. The molecule has 4 aromatic rings. The molecule has 3 heterocycles. The quantitative estimate of drug-likeness (QED) is 0.220. The van der Waals surface area contributed by atoms with Crippen LogP contribution in [0.15, 0.2) is 54.8 Å². The second-order valence-electron chi connectivity index (χ2n) is 7.30. The van der Waals surface area contributed by atoms with Gasteiger partial charge < -0.3 is 23.0 Å². The van der Waals surface area contributed by atoms with Crippen molar-refractivity contribution in [1.82, 2.24) is 0 Å². The summed E-state index contributed by atoms with van der Waals surface area (Å²) in [5.74, 6) is 1.42. The summed E-state index contributed by atoms with van der Waals surface area (Å²) in [6.07, 6.45) is 0.316. The topological polar surface area (TPSA) is 88.1 Å². The van der Waals surface area contributed by atoms with Crippen LogP contribution in [0, 0.1) is 0 Å². The molecule has 152 valence electrons. The fourth-order valence-electron chi connectivity index (χ4n) is 3.93. The molecule has 0 N–H and O–H groups in total. The monoisotopic (exact) mass is 406 g/mol. The number of fused-ring (bicyclic) bond motifs is 6. The molecule has 0 aliphatic carbocycles. The van der Waals surface area contributed by atoms with Crippen LogP contribution in [0.5, 0.6) is 17.2 Å². The summed E-state index contributed by atoms with van der Waals surface area (Å²) in [6, 6.07) is 6.53. The first-order chi connectivity index (χ1) is 14.4. The molecule has 0 radical (unpaired) electrons. The normalized spacial score (nSPS) is 15.4. The number of hydrogen-bond acceptors (Lipinski definition) is 7. The van der Waals surface area contributed by atoms with Crippen LogP contribution in [-0.2, 0) is 6.42 Å². The van der Waals surface area contributed by atoms with Crippen molar-refractivity contribution in [3.63, 3.8) is 0 Å².